The fraction of sp³-hybridized carbons (Fsp3) is 0.269. The summed E-state index contributed by atoms with van der Waals surface area (Å²) in [5.74, 6) is 0.731. The number of amides is 1. The Morgan fingerprint density at radius 1 is 1.00 bits per heavy atom. The number of hydrogen-bond donors (Lipinski definition) is 2. The zero-order chi connectivity index (χ0) is 22.2. The molecule has 0 aliphatic carbocycles. The van der Waals surface area contributed by atoms with Crippen LogP contribution in [-0.2, 0) is 6.54 Å². The zero-order valence-electron chi connectivity index (χ0n) is 18.6. The van der Waals surface area contributed by atoms with Crippen molar-refractivity contribution in [3.8, 4) is 0 Å². The van der Waals surface area contributed by atoms with Crippen molar-refractivity contribution < 1.29 is 4.79 Å². The van der Waals surface area contributed by atoms with Crippen LogP contribution in [0.15, 0.2) is 72.0 Å². The van der Waals surface area contributed by atoms with E-state index in [1.807, 2.05) is 56.3 Å². The molecule has 1 heterocycles. The Bertz CT molecular complexity index is 1040. The Morgan fingerprint density at radius 2 is 1.71 bits per heavy atom. The largest absolute Gasteiger partial charge is 0.326 e. The molecule has 2 aromatic carbocycles. The molecular weight excluding hydrogens is 384 g/mol. The topological polar surface area (TPSA) is 66.4 Å². The first kappa shape index (κ1) is 22.2. The lowest BCUT2D eigenvalue weighted by Crippen LogP contribution is -2.36. The van der Waals surface area contributed by atoms with E-state index in [0.717, 1.165) is 28.8 Å². The van der Waals surface area contributed by atoms with Gasteiger partial charge >= 0.3 is 0 Å². The first-order valence-electron chi connectivity index (χ1n) is 10.6. The van der Waals surface area contributed by atoms with Gasteiger partial charge in [0.05, 0.1) is 6.54 Å². The molecule has 3 rings (SSSR count). The van der Waals surface area contributed by atoms with Gasteiger partial charge in [0.1, 0.15) is 0 Å². The van der Waals surface area contributed by atoms with E-state index in [0.29, 0.717) is 24.0 Å². The number of nitrogens with one attached hydrogen (secondary N) is 2. The Balaban J connectivity index is 1.80. The van der Waals surface area contributed by atoms with Gasteiger partial charge in [-0.1, -0.05) is 32.0 Å². The highest BCUT2D eigenvalue weighted by Gasteiger charge is 2.11. The molecular formula is C26H30N4O. The molecule has 1 amide bonds. The molecule has 0 bridgehead atoms. The maximum Gasteiger partial charge on any atom is 0.257 e. The molecule has 0 unspecified atom stereocenters. The number of pyridine rings is 1. The van der Waals surface area contributed by atoms with Crippen LogP contribution in [0.1, 0.15) is 58.8 Å². The van der Waals surface area contributed by atoms with E-state index in [2.05, 4.69) is 46.6 Å². The fourth-order valence-electron chi connectivity index (χ4n) is 3.10. The third-order valence-corrected chi connectivity index (χ3v) is 5.52. The van der Waals surface area contributed by atoms with Crippen molar-refractivity contribution in [1.82, 2.24) is 10.3 Å². The van der Waals surface area contributed by atoms with Crippen molar-refractivity contribution in [3.05, 3.63) is 94.8 Å². The summed E-state index contributed by atoms with van der Waals surface area (Å²) in [4.78, 5) is 21.5. The van der Waals surface area contributed by atoms with Crippen LogP contribution in [0.2, 0.25) is 0 Å². The number of aliphatic imine (C=N–C) groups is 1. The van der Waals surface area contributed by atoms with Gasteiger partial charge in [0.25, 0.3) is 5.91 Å². The molecule has 0 spiro atoms. The molecule has 1 aromatic heterocycles. The molecule has 0 fully saturated rings. The monoisotopic (exact) mass is 414 g/mol. The first-order valence-corrected chi connectivity index (χ1v) is 10.6. The quantitative estimate of drug-likeness (QED) is 0.407. The number of rotatable bonds is 6. The summed E-state index contributed by atoms with van der Waals surface area (Å²) in [6, 6.07) is 17.8. The summed E-state index contributed by atoms with van der Waals surface area (Å²) in [7, 11) is 0. The summed E-state index contributed by atoms with van der Waals surface area (Å²) in [6.07, 6.45) is 4.57. The number of guanidine groups is 1. The standard InChI is InChI=1S/C26H30N4O/c1-5-18(2)22-8-10-24(11-9-22)29-26(28-17-21-12-14-27-15-13-21)30-25(31)23-7-6-19(3)20(4)16-23/h6-16,18H,5,17H2,1-4H3,(H2,28,29,30,31)/t18-/m0/s1. The molecule has 0 saturated carbocycles. The van der Waals surface area contributed by atoms with Crippen LogP contribution in [0, 0.1) is 13.8 Å². The summed E-state index contributed by atoms with van der Waals surface area (Å²) in [5.41, 5.74) is 6.03. The van der Waals surface area contributed by atoms with Crippen LogP contribution in [0.4, 0.5) is 5.69 Å². The molecule has 5 nitrogen and oxygen atoms in total. The summed E-state index contributed by atoms with van der Waals surface area (Å²) in [5, 5.41) is 6.19. The van der Waals surface area contributed by atoms with Gasteiger partial charge in [-0.15, -0.1) is 0 Å². The van der Waals surface area contributed by atoms with Crippen LogP contribution < -0.4 is 10.6 Å². The lowest BCUT2D eigenvalue weighted by molar-refractivity contribution is 0.0977. The smallest absolute Gasteiger partial charge is 0.257 e. The average Bonchev–Trinajstić information content (AvgIpc) is 2.79. The van der Waals surface area contributed by atoms with E-state index in [-0.39, 0.29) is 5.91 Å². The summed E-state index contributed by atoms with van der Waals surface area (Å²) in [6.45, 7) is 8.87. The van der Waals surface area contributed by atoms with Crippen molar-refractivity contribution in [2.45, 2.75) is 46.6 Å². The van der Waals surface area contributed by atoms with Gasteiger partial charge in [-0.2, -0.15) is 0 Å². The number of aryl methyl sites for hydroxylation is 2. The van der Waals surface area contributed by atoms with Crippen LogP contribution in [0.5, 0.6) is 0 Å². The van der Waals surface area contributed by atoms with Gasteiger partial charge in [-0.3, -0.25) is 15.1 Å². The fourth-order valence-corrected chi connectivity index (χ4v) is 3.10. The van der Waals surface area contributed by atoms with Crippen molar-refractivity contribution in [3.63, 3.8) is 0 Å². The van der Waals surface area contributed by atoms with E-state index in [9.17, 15) is 4.79 Å². The van der Waals surface area contributed by atoms with Gasteiger partial charge < -0.3 is 5.32 Å². The van der Waals surface area contributed by atoms with Gasteiger partial charge in [0.15, 0.2) is 0 Å². The second kappa shape index (κ2) is 10.5. The number of carbonyl (C=O) groups is 1. The maximum absolute atomic E-state index is 12.9. The summed E-state index contributed by atoms with van der Waals surface area (Å²) < 4.78 is 0. The lowest BCUT2D eigenvalue weighted by Gasteiger charge is -2.14. The van der Waals surface area contributed by atoms with Crippen molar-refractivity contribution in [1.29, 1.82) is 0 Å². The Kier molecular flexibility index (Phi) is 7.55. The zero-order valence-corrected chi connectivity index (χ0v) is 18.6. The van der Waals surface area contributed by atoms with Crippen molar-refractivity contribution in [2.75, 3.05) is 5.32 Å². The SMILES string of the molecule is CC[C@H](C)c1ccc(NC(=NCc2ccncc2)NC(=O)c2ccc(C)c(C)c2)cc1. The first-order chi connectivity index (χ1) is 15.0. The lowest BCUT2D eigenvalue weighted by atomic mass is 9.99. The minimum atomic E-state index is -0.194. The van der Waals surface area contributed by atoms with Crippen LogP contribution in [0.3, 0.4) is 0 Å². The van der Waals surface area contributed by atoms with Crippen LogP contribution in [-0.4, -0.2) is 16.9 Å². The number of carbonyl (C=O) groups excluding carboxylic acids is 1. The molecule has 0 aliphatic rings. The average molecular weight is 415 g/mol. The Hall–Kier alpha value is -3.47. The summed E-state index contributed by atoms with van der Waals surface area (Å²) >= 11 is 0. The normalized spacial score (nSPS) is 12.3. The maximum atomic E-state index is 12.9. The van der Waals surface area contributed by atoms with E-state index in [1.54, 1.807) is 12.4 Å². The van der Waals surface area contributed by atoms with Gasteiger partial charge in [0, 0.05) is 23.6 Å². The molecule has 3 aromatic rings. The highest BCUT2D eigenvalue weighted by Crippen LogP contribution is 2.20. The molecule has 31 heavy (non-hydrogen) atoms. The molecule has 0 aliphatic heterocycles. The third-order valence-electron chi connectivity index (χ3n) is 5.52. The molecule has 0 saturated heterocycles. The number of hydrogen-bond acceptors (Lipinski definition) is 3. The van der Waals surface area contributed by atoms with Gasteiger partial charge in [0.2, 0.25) is 5.96 Å². The minimum absolute atomic E-state index is 0.194. The third kappa shape index (κ3) is 6.25. The predicted octanol–water partition coefficient (Wildman–Crippen LogP) is 5.61. The predicted molar refractivity (Wildman–Crippen MR) is 128 cm³/mol. The van der Waals surface area contributed by atoms with Gasteiger partial charge in [-0.05, 0) is 84.8 Å². The van der Waals surface area contributed by atoms with E-state index in [1.165, 1.54) is 5.56 Å². The van der Waals surface area contributed by atoms with Crippen LogP contribution in [0.25, 0.3) is 0 Å². The molecule has 0 radical (unpaired) electrons. The van der Waals surface area contributed by atoms with Crippen molar-refractivity contribution >= 4 is 17.6 Å². The second-order valence-electron chi connectivity index (χ2n) is 7.83. The number of benzene rings is 2. The highest BCUT2D eigenvalue weighted by molar-refractivity contribution is 6.10. The van der Waals surface area contributed by atoms with E-state index in [4.69, 9.17) is 0 Å². The van der Waals surface area contributed by atoms with Crippen LogP contribution >= 0.6 is 0 Å². The number of anilines is 1. The second-order valence-corrected chi connectivity index (χ2v) is 7.83. The van der Waals surface area contributed by atoms with Gasteiger partial charge in [-0.25, -0.2) is 4.99 Å². The molecule has 5 heteroatoms. The molecule has 2 N–H and O–H groups in total. The molecule has 1 atom stereocenters. The Labute approximate surface area is 184 Å². The number of aromatic nitrogens is 1. The molecule has 160 valence electrons. The van der Waals surface area contributed by atoms with Crippen molar-refractivity contribution in [2.24, 2.45) is 4.99 Å². The number of nitrogens with zero attached hydrogens (tertiary/aromatic N) is 2. The Morgan fingerprint density at radius 3 is 2.35 bits per heavy atom. The van der Waals surface area contributed by atoms with E-state index < -0.39 is 0 Å². The van der Waals surface area contributed by atoms with E-state index >= 15 is 0 Å². The minimum Gasteiger partial charge on any atom is -0.326 e. The highest BCUT2D eigenvalue weighted by atomic mass is 16.1.